The molecule has 0 spiro atoms. The van der Waals surface area contributed by atoms with Crippen LogP contribution in [0.3, 0.4) is 0 Å². The van der Waals surface area contributed by atoms with E-state index in [1.807, 2.05) is 12.1 Å². The Hall–Kier alpha value is -4.64. The zero-order valence-electron chi connectivity index (χ0n) is 18.2. The predicted octanol–water partition coefficient (Wildman–Crippen LogP) is 2.83. The van der Waals surface area contributed by atoms with Crippen LogP contribution in [-0.4, -0.2) is 26.6 Å². The minimum Gasteiger partial charge on any atom is -0.497 e. The molecule has 10 nitrogen and oxygen atoms in total. The molecule has 3 aromatic heterocycles. The van der Waals surface area contributed by atoms with E-state index in [2.05, 4.69) is 10.1 Å². The number of nitrogens with zero attached hydrogens (tertiary/aromatic N) is 4. The lowest BCUT2D eigenvalue weighted by Gasteiger charge is -2.02. The second-order valence-electron chi connectivity index (χ2n) is 7.51. The molecule has 5 rings (SSSR count). The Kier molecular flexibility index (Phi) is 5.67. The number of nitro benzene ring substituents is 1. The van der Waals surface area contributed by atoms with Gasteiger partial charge in [-0.15, -0.1) is 0 Å². The summed E-state index contributed by atoms with van der Waals surface area (Å²) >= 11 is 1.02. The minimum atomic E-state index is -0.500. The van der Waals surface area contributed by atoms with Crippen molar-refractivity contribution in [3.05, 3.63) is 113 Å². The third-order valence-electron chi connectivity index (χ3n) is 5.22. The molecule has 0 fully saturated rings. The average molecular weight is 488 g/mol. The van der Waals surface area contributed by atoms with Gasteiger partial charge in [0.1, 0.15) is 27.5 Å². The van der Waals surface area contributed by atoms with Crippen LogP contribution in [0.15, 0.2) is 74.7 Å². The molecule has 0 N–H and O–H groups in total. The van der Waals surface area contributed by atoms with Crippen molar-refractivity contribution in [2.45, 2.75) is 6.42 Å². The molecular weight excluding hydrogens is 472 g/mol. The molecule has 174 valence electrons. The fraction of sp³-hybridized carbons (Fsp3) is 0.0833. The van der Waals surface area contributed by atoms with E-state index < -0.39 is 16.0 Å². The molecule has 0 unspecified atom stereocenters. The van der Waals surface area contributed by atoms with E-state index in [-0.39, 0.29) is 27.3 Å². The lowest BCUT2D eigenvalue weighted by atomic mass is 10.1. The van der Waals surface area contributed by atoms with Gasteiger partial charge in [0.25, 0.3) is 16.8 Å². The third-order valence-corrected chi connectivity index (χ3v) is 6.18. The highest BCUT2D eigenvalue weighted by molar-refractivity contribution is 7.15. The molecule has 11 heteroatoms. The first kappa shape index (κ1) is 22.2. The van der Waals surface area contributed by atoms with Crippen molar-refractivity contribution in [2.75, 3.05) is 7.11 Å². The summed E-state index contributed by atoms with van der Waals surface area (Å²) in [5.74, 6) is 1.48. The molecule has 0 aliphatic rings. The van der Waals surface area contributed by atoms with Gasteiger partial charge in [-0.1, -0.05) is 35.6 Å². The summed E-state index contributed by atoms with van der Waals surface area (Å²) in [7, 11) is 1.57. The summed E-state index contributed by atoms with van der Waals surface area (Å²) < 4.78 is 12.3. The molecule has 2 aromatic carbocycles. The van der Waals surface area contributed by atoms with Crippen LogP contribution in [-0.2, 0) is 6.42 Å². The van der Waals surface area contributed by atoms with Crippen molar-refractivity contribution in [1.82, 2.24) is 14.6 Å². The van der Waals surface area contributed by atoms with Crippen LogP contribution in [0.25, 0.3) is 22.4 Å². The maximum absolute atomic E-state index is 12.9. The molecule has 0 saturated carbocycles. The monoisotopic (exact) mass is 488 g/mol. The zero-order valence-corrected chi connectivity index (χ0v) is 19.0. The van der Waals surface area contributed by atoms with Crippen LogP contribution in [0.1, 0.15) is 17.0 Å². The number of hydrogen-bond donors (Lipinski definition) is 0. The Morgan fingerprint density at radius 2 is 1.94 bits per heavy atom. The Labute approximate surface area is 200 Å². The fourth-order valence-corrected chi connectivity index (χ4v) is 4.36. The van der Waals surface area contributed by atoms with Gasteiger partial charge in [0.15, 0.2) is 0 Å². The Morgan fingerprint density at radius 1 is 1.14 bits per heavy atom. The first-order chi connectivity index (χ1) is 16.9. The number of furan rings is 1. The minimum absolute atomic E-state index is 0.0526. The summed E-state index contributed by atoms with van der Waals surface area (Å²) in [5.41, 5.74) is 0.537. The molecule has 0 atom stereocenters. The number of thiazole rings is 1. The van der Waals surface area contributed by atoms with E-state index in [0.717, 1.165) is 21.4 Å². The standard InChI is InChI=1S/C24H16N4O6S/c1-33-17-7-5-14(6-8-17)11-19-22(29)25-24-27(26-19)23(30)21(35-24)13-18-9-10-20(34-18)15-3-2-4-16(12-15)28(31)32/h2-10,12-13H,11H2,1H3/b21-13+. The Morgan fingerprint density at radius 3 is 2.69 bits per heavy atom. The van der Waals surface area contributed by atoms with E-state index in [9.17, 15) is 19.7 Å². The highest BCUT2D eigenvalue weighted by atomic mass is 32.1. The SMILES string of the molecule is COc1ccc(Cc2nn3c(=O)/c(=C\c4ccc(-c5cccc([N+](=O)[O-])c5)o4)sc3nc2=O)cc1. The lowest BCUT2D eigenvalue weighted by molar-refractivity contribution is -0.384. The normalized spacial score (nSPS) is 11.7. The number of hydrogen-bond acceptors (Lipinski definition) is 9. The highest BCUT2D eigenvalue weighted by Gasteiger charge is 2.13. The van der Waals surface area contributed by atoms with Gasteiger partial charge in [0.2, 0.25) is 4.96 Å². The summed E-state index contributed by atoms with van der Waals surface area (Å²) in [5, 5.41) is 15.3. The highest BCUT2D eigenvalue weighted by Crippen LogP contribution is 2.26. The predicted molar refractivity (Wildman–Crippen MR) is 129 cm³/mol. The number of nitro groups is 1. The van der Waals surface area contributed by atoms with E-state index in [0.29, 0.717) is 22.8 Å². The quantitative estimate of drug-likeness (QED) is 0.263. The van der Waals surface area contributed by atoms with E-state index in [1.165, 1.54) is 18.2 Å². The largest absolute Gasteiger partial charge is 0.497 e. The molecule has 5 aromatic rings. The zero-order chi connectivity index (χ0) is 24.5. The van der Waals surface area contributed by atoms with Crippen LogP contribution < -0.4 is 20.4 Å². The van der Waals surface area contributed by atoms with Gasteiger partial charge >= 0.3 is 0 Å². The number of fused-ring (bicyclic) bond motifs is 1. The average Bonchev–Trinajstić information content (AvgIpc) is 3.45. The second kappa shape index (κ2) is 8.95. The molecule has 0 radical (unpaired) electrons. The summed E-state index contributed by atoms with van der Waals surface area (Å²) in [6.45, 7) is 0. The second-order valence-corrected chi connectivity index (χ2v) is 8.52. The molecule has 0 aliphatic heterocycles. The lowest BCUT2D eigenvalue weighted by Crippen LogP contribution is -2.28. The van der Waals surface area contributed by atoms with Gasteiger partial charge in [0, 0.05) is 30.2 Å². The number of rotatable bonds is 6. The van der Waals surface area contributed by atoms with Crippen LogP contribution in [0.2, 0.25) is 0 Å². The van der Waals surface area contributed by atoms with Crippen LogP contribution in [0.5, 0.6) is 5.75 Å². The fourth-order valence-electron chi connectivity index (χ4n) is 3.48. The molecule has 0 aliphatic carbocycles. The van der Waals surface area contributed by atoms with Crippen molar-refractivity contribution >= 4 is 28.1 Å². The van der Waals surface area contributed by atoms with Gasteiger partial charge in [0.05, 0.1) is 12.0 Å². The number of benzene rings is 2. The summed E-state index contributed by atoms with van der Waals surface area (Å²) in [4.78, 5) is 40.2. The number of ether oxygens (including phenoxy) is 1. The summed E-state index contributed by atoms with van der Waals surface area (Å²) in [6.07, 6.45) is 1.75. The van der Waals surface area contributed by atoms with Gasteiger partial charge in [-0.2, -0.15) is 14.6 Å². The molecular formula is C24H16N4O6S. The smallest absolute Gasteiger partial charge is 0.296 e. The third kappa shape index (κ3) is 4.44. The van der Waals surface area contributed by atoms with Crippen LogP contribution >= 0.6 is 11.3 Å². The molecule has 0 bridgehead atoms. The van der Waals surface area contributed by atoms with Gasteiger partial charge in [-0.05, 0) is 29.8 Å². The maximum atomic E-state index is 12.9. The van der Waals surface area contributed by atoms with E-state index >= 15 is 0 Å². The topological polar surface area (TPSA) is 130 Å². The molecule has 0 saturated heterocycles. The molecule has 0 amide bonds. The molecule has 35 heavy (non-hydrogen) atoms. The van der Waals surface area contributed by atoms with Crippen molar-refractivity contribution in [2.24, 2.45) is 0 Å². The van der Waals surface area contributed by atoms with E-state index in [1.54, 1.807) is 43.5 Å². The van der Waals surface area contributed by atoms with Gasteiger partial charge in [-0.3, -0.25) is 19.7 Å². The van der Waals surface area contributed by atoms with Crippen molar-refractivity contribution < 1.29 is 14.1 Å². The van der Waals surface area contributed by atoms with Gasteiger partial charge < -0.3 is 9.15 Å². The van der Waals surface area contributed by atoms with Crippen molar-refractivity contribution in [3.8, 4) is 17.1 Å². The number of non-ortho nitro benzene ring substituents is 1. The first-order valence-electron chi connectivity index (χ1n) is 10.3. The Bertz CT molecular complexity index is 1740. The Balaban J connectivity index is 1.48. The first-order valence-corrected chi connectivity index (χ1v) is 11.1. The van der Waals surface area contributed by atoms with Crippen LogP contribution in [0, 0.1) is 10.1 Å². The number of aromatic nitrogens is 3. The number of methoxy groups -OCH3 is 1. The van der Waals surface area contributed by atoms with Crippen molar-refractivity contribution in [1.29, 1.82) is 0 Å². The molecule has 3 heterocycles. The summed E-state index contributed by atoms with van der Waals surface area (Å²) in [6, 6.07) is 16.6. The van der Waals surface area contributed by atoms with Gasteiger partial charge in [-0.25, -0.2) is 0 Å². The maximum Gasteiger partial charge on any atom is 0.296 e. The van der Waals surface area contributed by atoms with Crippen LogP contribution in [0.4, 0.5) is 5.69 Å². The van der Waals surface area contributed by atoms with E-state index in [4.69, 9.17) is 9.15 Å². The van der Waals surface area contributed by atoms with Crippen molar-refractivity contribution in [3.63, 3.8) is 0 Å².